The zero-order valence-electron chi connectivity index (χ0n) is 11.1. The van der Waals surface area contributed by atoms with E-state index in [1.165, 1.54) is 0 Å². The van der Waals surface area contributed by atoms with Crippen LogP contribution in [0.2, 0.25) is 0 Å². The lowest BCUT2D eigenvalue weighted by molar-refractivity contribution is -0.0237. The first-order chi connectivity index (χ1) is 7.24. The molecule has 3 heteroatoms. The predicted molar refractivity (Wildman–Crippen MR) is 73.0 cm³/mol. The van der Waals surface area contributed by atoms with Gasteiger partial charge >= 0.3 is 0 Å². The van der Waals surface area contributed by atoms with Crippen LogP contribution in [0.5, 0.6) is 0 Å². The van der Waals surface area contributed by atoms with E-state index in [4.69, 9.17) is 0 Å². The van der Waals surface area contributed by atoms with Crippen molar-refractivity contribution in [3.8, 4) is 0 Å². The Balaban J connectivity index is 2.52. The molecule has 0 aromatic heterocycles. The van der Waals surface area contributed by atoms with Crippen molar-refractivity contribution in [1.82, 2.24) is 4.90 Å². The zero-order chi connectivity index (χ0) is 12.4. The maximum Gasteiger partial charge on any atom is 0.0746 e. The lowest BCUT2D eigenvalue weighted by Crippen LogP contribution is -2.49. The van der Waals surface area contributed by atoms with Crippen molar-refractivity contribution in [2.45, 2.75) is 46.1 Å². The van der Waals surface area contributed by atoms with Crippen molar-refractivity contribution in [1.29, 1.82) is 0 Å². The van der Waals surface area contributed by atoms with Gasteiger partial charge in [-0.25, -0.2) is 0 Å². The molecular weight excluding hydrogens is 266 g/mol. The highest BCUT2D eigenvalue weighted by molar-refractivity contribution is 9.09. The minimum absolute atomic E-state index is 0.326. The highest BCUT2D eigenvalue weighted by atomic mass is 79.9. The fourth-order valence-corrected chi connectivity index (χ4v) is 3.52. The van der Waals surface area contributed by atoms with Gasteiger partial charge in [0.15, 0.2) is 0 Å². The highest BCUT2D eigenvalue weighted by Gasteiger charge is 2.32. The number of rotatable bonds is 3. The molecule has 2 unspecified atom stereocenters. The first-order valence-electron chi connectivity index (χ1n) is 6.25. The molecule has 1 fully saturated rings. The number of hydrogen-bond donors (Lipinski definition) is 1. The van der Waals surface area contributed by atoms with E-state index in [0.717, 1.165) is 37.8 Å². The summed E-state index contributed by atoms with van der Waals surface area (Å²) in [6.07, 6.45) is 2.06. The van der Waals surface area contributed by atoms with Gasteiger partial charge < -0.3 is 10.0 Å². The third-order valence-electron chi connectivity index (χ3n) is 3.64. The summed E-state index contributed by atoms with van der Waals surface area (Å²) in [5.74, 6) is 0.640. The van der Waals surface area contributed by atoms with Crippen LogP contribution in [0.1, 0.15) is 40.5 Å². The molecule has 1 heterocycles. The number of aliphatic hydroxyl groups is 1. The Labute approximate surface area is 109 Å². The summed E-state index contributed by atoms with van der Waals surface area (Å²) in [5, 5.41) is 11.1. The van der Waals surface area contributed by atoms with Crippen LogP contribution in [0.4, 0.5) is 0 Å². The highest BCUT2D eigenvalue weighted by Crippen LogP contribution is 2.30. The van der Waals surface area contributed by atoms with Crippen LogP contribution in [-0.4, -0.2) is 40.6 Å². The molecule has 1 aliphatic rings. The van der Waals surface area contributed by atoms with E-state index < -0.39 is 5.60 Å². The Hall–Kier alpha value is 0.400. The number of piperidine rings is 1. The van der Waals surface area contributed by atoms with Crippen LogP contribution in [0.25, 0.3) is 0 Å². The maximum absolute atomic E-state index is 10.1. The number of halogens is 1. The first kappa shape index (κ1) is 14.5. The quantitative estimate of drug-likeness (QED) is 0.809. The molecule has 1 aliphatic heterocycles. The molecule has 1 N–H and O–H groups in total. The number of hydrogen-bond acceptors (Lipinski definition) is 2. The standard InChI is InChI=1S/C13H26BrNO/c1-12(2,3)11(8-14)9-15-7-5-6-13(4,16)10-15/h11,16H,5-10H2,1-4H3. The molecule has 0 radical (unpaired) electrons. The summed E-state index contributed by atoms with van der Waals surface area (Å²) in [6.45, 7) is 11.9. The van der Waals surface area contributed by atoms with E-state index in [1.807, 2.05) is 6.92 Å². The molecule has 2 atom stereocenters. The minimum atomic E-state index is -0.479. The van der Waals surface area contributed by atoms with E-state index in [2.05, 4.69) is 41.6 Å². The van der Waals surface area contributed by atoms with Gasteiger partial charge in [0, 0.05) is 18.4 Å². The van der Waals surface area contributed by atoms with Crippen LogP contribution >= 0.6 is 15.9 Å². The van der Waals surface area contributed by atoms with Crippen molar-refractivity contribution in [2.24, 2.45) is 11.3 Å². The third-order valence-corrected chi connectivity index (χ3v) is 4.43. The molecule has 0 aliphatic carbocycles. The Morgan fingerprint density at radius 2 is 2.06 bits per heavy atom. The third kappa shape index (κ3) is 4.34. The summed E-state index contributed by atoms with van der Waals surface area (Å²) in [4.78, 5) is 2.42. The Kier molecular flexibility index (Phi) is 4.85. The van der Waals surface area contributed by atoms with Crippen molar-refractivity contribution < 1.29 is 5.11 Å². The summed E-state index contributed by atoms with van der Waals surface area (Å²) >= 11 is 3.62. The Bertz CT molecular complexity index is 222. The lowest BCUT2D eigenvalue weighted by Gasteiger charge is -2.41. The van der Waals surface area contributed by atoms with E-state index in [-0.39, 0.29) is 0 Å². The first-order valence-corrected chi connectivity index (χ1v) is 7.37. The molecule has 96 valence electrons. The normalized spacial score (nSPS) is 30.4. The van der Waals surface area contributed by atoms with Crippen LogP contribution in [0.3, 0.4) is 0 Å². The van der Waals surface area contributed by atoms with E-state index in [0.29, 0.717) is 11.3 Å². The van der Waals surface area contributed by atoms with E-state index in [1.54, 1.807) is 0 Å². The SMILES string of the molecule is CC1(O)CCCN(CC(CBr)C(C)(C)C)C1. The second kappa shape index (κ2) is 5.36. The number of β-amino-alcohol motifs (C(OH)–C–C–N with tert-alkyl or cyclic N) is 1. The van der Waals surface area contributed by atoms with Crippen LogP contribution < -0.4 is 0 Å². The van der Waals surface area contributed by atoms with Crippen molar-refractivity contribution in [3.63, 3.8) is 0 Å². The van der Waals surface area contributed by atoms with Crippen molar-refractivity contribution in [3.05, 3.63) is 0 Å². The fourth-order valence-electron chi connectivity index (χ4n) is 2.34. The van der Waals surface area contributed by atoms with Gasteiger partial charge in [0.2, 0.25) is 0 Å². The molecule has 0 aromatic carbocycles. The van der Waals surface area contributed by atoms with Gasteiger partial charge in [-0.1, -0.05) is 36.7 Å². The average Bonchev–Trinajstić information content (AvgIpc) is 2.10. The monoisotopic (exact) mass is 291 g/mol. The summed E-state index contributed by atoms with van der Waals surface area (Å²) in [7, 11) is 0. The molecule has 16 heavy (non-hydrogen) atoms. The van der Waals surface area contributed by atoms with Gasteiger partial charge in [0.1, 0.15) is 0 Å². The second-order valence-electron chi connectivity index (χ2n) is 6.55. The number of likely N-dealkylation sites (tertiary alicyclic amines) is 1. The summed E-state index contributed by atoms with van der Waals surface area (Å²) in [5.41, 5.74) is -0.153. The van der Waals surface area contributed by atoms with Crippen LogP contribution in [0, 0.1) is 11.3 Å². The number of alkyl halides is 1. The predicted octanol–water partition coefficient (Wildman–Crippen LogP) is 2.89. The average molecular weight is 292 g/mol. The molecule has 0 amide bonds. The van der Waals surface area contributed by atoms with Gasteiger partial charge in [-0.15, -0.1) is 0 Å². The van der Waals surface area contributed by atoms with Gasteiger partial charge in [-0.05, 0) is 37.6 Å². The molecular formula is C13H26BrNO. The van der Waals surface area contributed by atoms with Crippen LogP contribution in [-0.2, 0) is 0 Å². The lowest BCUT2D eigenvalue weighted by atomic mass is 9.81. The fraction of sp³-hybridized carbons (Fsp3) is 1.00. The van der Waals surface area contributed by atoms with Crippen molar-refractivity contribution >= 4 is 15.9 Å². The zero-order valence-corrected chi connectivity index (χ0v) is 12.7. The second-order valence-corrected chi connectivity index (χ2v) is 7.20. The molecule has 0 saturated carbocycles. The van der Waals surface area contributed by atoms with E-state index >= 15 is 0 Å². The van der Waals surface area contributed by atoms with Gasteiger partial charge in [-0.2, -0.15) is 0 Å². The summed E-state index contributed by atoms with van der Waals surface area (Å²) in [6, 6.07) is 0. The van der Waals surface area contributed by atoms with Gasteiger partial charge in [0.25, 0.3) is 0 Å². The van der Waals surface area contributed by atoms with Crippen molar-refractivity contribution in [2.75, 3.05) is 25.0 Å². The minimum Gasteiger partial charge on any atom is -0.389 e. The molecule has 1 rings (SSSR count). The molecule has 0 spiro atoms. The molecule has 2 nitrogen and oxygen atoms in total. The topological polar surface area (TPSA) is 23.5 Å². The van der Waals surface area contributed by atoms with Gasteiger partial charge in [-0.3, -0.25) is 0 Å². The maximum atomic E-state index is 10.1. The Morgan fingerprint density at radius 1 is 1.44 bits per heavy atom. The summed E-state index contributed by atoms with van der Waals surface area (Å²) < 4.78 is 0. The van der Waals surface area contributed by atoms with E-state index in [9.17, 15) is 5.11 Å². The molecule has 0 bridgehead atoms. The van der Waals surface area contributed by atoms with Crippen LogP contribution in [0.15, 0.2) is 0 Å². The largest absolute Gasteiger partial charge is 0.389 e. The molecule has 1 saturated heterocycles. The molecule has 0 aromatic rings. The smallest absolute Gasteiger partial charge is 0.0746 e. The number of nitrogens with zero attached hydrogens (tertiary/aromatic N) is 1. The Morgan fingerprint density at radius 3 is 2.50 bits per heavy atom. The van der Waals surface area contributed by atoms with Gasteiger partial charge in [0.05, 0.1) is 5.60 Å².